The predicted octanol–water partition coefficient (Wildman–Crippen LogP) is 2.76. The number of anilines is 1. The molecule has 1 aromatic heterocycles. The second-order valence-electron chi connectivity index (χ2n) is 5.28. The topological polar surface area (TPSA) is 47.1 Å². The molecule has 1 aliphatic rings. The van der Waals surface area contributed by atoms with Crippen LogP contribution in [0.3, 0.4) is 0 Å². The van der Waals surface area contributed by atoms with E-state index in [9.17, 15) is 0 Å². The minimum atomic E-state index is 0.457. The van der Waals surface area contributed by atoms with Gasteiger partial charge in [-0.2, -0.15) is 0 Å². The number of likely N-dealkylation sites (tertiary alicyclic amines) is 1. The van der Waals surface area contributed by atoms with Crippen molar-refractivity contribution < 1.29 is 0 Å². The Morgan fingerprint density at radius 1 is 1.37 bits per heavy atom. The van der Waals surface area contributed by atoms with E-state index in [0.29, 0.717) is 12.0 Å². The van der Waals surface area contributed by atoms with E-state index in [0.717, 1.165) is 22.6 Å². The Kier molecular flexibility index (Phi) is 3.37. The van der Waals surface area contributed by atoms with Crippen molar-refractivity contribution in [3.63, 3.8) is 0 Å². The molecule has 4 nitrogen and oxygen atoms in total. The van der Waals surface area contributed by atoms with Crippen LogP contribution in [0.4, 0.5) is 5.95 Å². The van der Waals surface area contributed by atoms with Gasteiger partial charge in [0.2, 0.25) is 5.95 Å². The Morgan fingerprint density at radius 2 is 2.11 bits per heavy atom. The summed E-state index contributed by atoms with van der Waals surface area (Å²) in [5.41, 5.74) is 7.87. The molecule has 0 bridgehead atoms. The third kappa shape index (κ3) is 2.30. The van der Waals surface area contributed by atoms with Gasteiger partial charge in [-0.25, -0.2) is 4.98 Å². The summed E-state index contributed by atoms with van der Waals surface area (Å²) in [7, 11) is 0. The van der Waals surface area contributed by atoms with E-state index in [4.69, 9.17) is 17.3 Å². The fraction of sp³-hybridized carbons (Fsp3) is 0.500. The zero-order valence-electron chi connectivity index (χ0n) is 11.1. The maximum atomic E-state index is 6.29. The Labute approximate surface area is 118 Å². The number of nitrogens with zero attached hydrogens (tertiary/aromatic N) is 3. The molecule has 2 aromatic rings. The summed E-state index contributed by atoms with van der Waals surface area (Å²) in [5, 5.41) is 0.718. The van der Waals surface area contributed by atoms with Crippen LogP contribution in [0.5, 0.6) is 0 Å². The molecule has 1 aliphatic heterocycles. The minimum absolute atomic E-state index is 0.457. The number of halogens is 1. The van der Waals surface area contributed by atoms with Gasteiger partial charge in [-0.1, -0.05) is 17.7 Å². The number of imidazole rings is 1. The van der Waals surface area contributed by atoms with Gasteiger partial charge >= 0.3 is 0 Å². The second kappa shape index (κ2) is 5.02. The van der Waals surface area contributed by atoms with Crippen molar-refractivity contribution in [2.75, 3.05) is 18.8 Å². The fourth-order valence-electron chi connectivity index (χ4n) is 2.91. The highest BCUT2D eigenvalue weighted by Crippen LogP contribution is 2.26. The molecule has 5 heteroatoms. The molecular formula is C14H19ClN4. The van der Waals surface area contributed by atoms with Crippen molar-refractivity contribution >= 4 is 28.6 Å². The molecule has 0 aliphatic carbocycles. The number of aromatic nitrogens is 2. The number of nitrogen functional groups attached to an aromatic ring is 1. The van der Waals surface area contributed by atoms with E-state index in [2.05, 4.69) is 16.8 Å². The Bertz CT molecular complexity index is 586. The SMILES string of the molecule is CC(Cn1c(N)nc2cccc(Cl)c21)N1CCCC1. The molecule has 1 fully saturated rings. The molecule has 102 valence electrons. The Hall–Kier alpha value is -1.26. The van der Waals surface area contributed by atoms with Crippen LogP contribution in [0.1, 0.15) is 19.8 Å². The Morgan fingerprint density at radius 3 is 2.84 bits per heavy atom. The fourth-order valence-corrected chi connectivity index (χ4v) is 3.18. The van der Waals surface area contributed by atoms with Crippen LogP contribution in [-0.4, -0.2) is 33.6 Å². The smallest absolute Gasteiger partial charge is 0.201 e. The molecule has 1 aromatic carbocycles. The molecule has 0 spiro atoms. The summed E-state index contributed by atoms with van der Waals surface area (Å²) in [4.78, 5) is 6.89. The second-order valence-corrected chi connectivity index (χ2v) is 5.69. The van der Waals surface area contributed by atoms with Crippen LogP contribution in [0.15, 0.2) is 18.2 Å². The lowest BCUT2D eigenvalue weighted by atomic mass is 10.2. The standard InChI is InChI=1S/C14H19ClN4/c1-10(18-7-2-3-8-18)9-19-13-11(15)5-4-6-12(13)17-14(19)16/h4-6,10H,2-3,7-9H2,1H3,(H2,16,17). The van der Waals surface area contributed by atoms with Crippen LogP contribution in [0, 0.1) is 0 Å². The van der Waals surface area contributed by atoms with Gasteiger partial charge in [0.1, 0.15) is 0 Å². The molecular weight excluding hydrogens is 260 g/mol. The van der Waals surface area contributed by atoms with Crippen LogP contribution < -0.4 is 5.73 Å². The van der Waals surface area contributed by atoms with E-state index in [1.54, 1.807) is 0 Å². The maximum absolute atomic E-state index is 6.29. The highest BCUT2D eigenvalue weighted by molar-refractivity contribution is 6.35. The number of benzene rings is 1. The summed E-state index contributed by atoms with van der Waals surface area (Å²) in [6, 6.07) is 6.21. The molecule has 2 heterocycles. The number of fused-ring (bicyclic) bond motifs is 1. The van der Waals surface area contributed by atoms with Crippen molar-refractivity contribution in [3.8, 4) is 0 Å². The van der Waals surface area contributed by atoms with Gasteiger partial charge in [-0.15, -0.1) is 0 Å². The van der Waals surface area contributed by atoms with Gasteiger partial charge in [-0.05, 0) is 45.0 Å². The molecule has 0 saturated carbocycles. The predicted molar refractivity (Wildman–Crippen MR) is 79.4 cm³/mol. The quantitative estimate of drug-likeness (QED) is 0.939. The van der Waals surface area contributed by atoms with Crippen LogP contribution >= 0.6 is 11.6 Å². The lowest BCUT2D eigenvalue weighted by molar-refractivity contribution is 0.238. The summed E-state index contributed by atoms with van der Waals surface area (Å²) < 4.78 is 2.04. The number of para-hydroxylation sites is 1. The molecule has 1 unspecified atom stereocenters. The van der Waals surface area contributed by atoms with E-state index in [-0.39, 0.29) is 0 Å². The minimum Gasteiger partial charge on any atom is -0.369 e. The molecule has 2 N–H and O–H groups in total. The lowest BCUT2D eigenvalue weighted by Gasteiger charge is -2.24. The van der Waals surface area contributed by atoms with Crippen molar-refractivity contribution in [1.82, 2.24) is 14.5 Å². The number of rotatable bonds is 3. The average Bonchev–Trinajstić information content (AvgIpc) is 2.99. The third-order valence-corrected chi connectivity index (χ3v) is 4.26. The molecule has 1 saturated heterocycles. The number of hydrogen-bond donors (Lipinski definition) is 1. The zero-order chi connectivity index (χ0) is 13.4. The highest BCUT2D eigenvalue weighted by atomic mass is 35.5. The van der Waals surface area contributed by atoms with Crippen LogP contribution in [0.25, 0.3) is 11.0 Å². The van der Waals surface area contributed by atoms with Gasteiger partial charge in [0.15, 0.2) is 0 Å². The Balaban J connectivity index is 1.93. The normalized spacial score (nSPS) is 18.2. The lowest BCUT2D eigenvalue weighted by Crippen LogP contribution is -2.33. The van der Waals surface area contributed by atoms with Crippen LogP contribution in [-0.2, 0) is 6.54 Å². The first kappa shape index (κ1) is 12.8. The monoisotopic (exact) mass is 278 g/mol. The van der Waals surface area contributed by atoms with Crippen molar-refractivity contribution in [2.24, 2.45) is 0 Å². The highest BCUT2D eigenvalue weighted by Gasteiger charge is 2.20. The van der Waals surface area contributed by atoms with Crippen molar-refractivity contribution in [1.29, 1.82) is 0 Å². The van der Waals surface area contributed by atoms with Gasteiger partial charge in [0.05, 0.1) is 16.1 Å². The van der Waals surface area contributed by atoms with E-state index in [1.807, 2.05) is 22.8 Å². The molecule has 0 radical (unpaired) electrons. The summed E-state index contributed by atoms with van der Waals surface area (Å²) in [5.74, 6) is 0.550. The third-order valence-electron chi connectivity index (χ3n) is 3.96. The van der Waals surface area contributed by atoms with E-state index < -0.39 is 0 Å². The van der Waals surface area contributed by atoms with Crippen molar-refractivity contribution in [3.05, 3.63) is 23.2 Å². The first-order valence-electron chi connectivity index (χ1n) is 6.81. The first-order chi connectivity index (χ1) is 9.16. The summed E-state index contributed by atoms with van der Waals surface area (Å²) in [6.07, 6.45) is 2.59. The molecule has 0 amide bonds. The molecule has 3 rings (SSSR count). The zero-order valence-corrected chi connectivity index (χ0v) is 11.9. The van der Waals surface area contributed by atoms with E-state index in [1.165, 1.54) is 25.9 Å². The summed E-state index contributed by atoms with van der Waals surface area (Å²) in [6.45, 7) is 5.45. The number of hydrogen-bond acceptors (Lipinski definition) is 3. The first-order valence-corrected chi connectivity index (χ1v) is 7.19. The van der Waals surface area contributed by atoms with Gasteiger partial charge in [0.25, 0.3) is 0 Å². The van der Waals surface area contributed by atoms with Crippen molar-refractivity contribution in [2.45, 2.75) is 32.4 Å². The average molecular weight is 279 g/mol. The number of nitrogens with two attached hydrogens (primary N) is 1. The molecule has 19 heavy (non-hydrogen) atoms. The van der Waals surface area contributed by atoms with Gasteiger partial charge < -0.3 is 10.3 Å². The summed E-state index contributed by atoms with van der Waals surface area (Å²) >= 11 is 6.29. The van der Waals surface area contributed by atoms with E-state index >= 15 is 0 Å². The van der Waals surface area contributed by atoms with Gasteiger partial charge in [0, 0.05) is 12.6 Å². The van der Waals surface area contributed by atoms with Gasteiger partial charge in [-0.3, -0.25) is 4.90 Å². The largest absolute Gasteiger partial charge is 0.369 e. The maximum Gasteiger partial charge on any atom is 0.201 e. The van der Waals surface area contributed by atoms with Crippen LogP contribution in [0.2, 0.25) is 5.02 Å². The molecule has 1 atom stereocenters.